The van der Waals surface area contributed by atoms with Crippen LogP contribution < -0.4 is 0 Å². The minimum atomic E-state index is -2.60. The van der Waals surface area contributed by atoms with E-state index in [-0.39, 0.29) is 0 Å². The fourth-order valence-electron chi connectivity index (χ4n) is 1.65. The van der Waals surface area contributed by atoms with Gasteiger partial charge in [0.05, 0.1) is 9.73 Å². The summed E-state index contributed by atoms with van der Waals surface area (Å²) in [6, 6.07) is 13.2. The highest BCUT2D eigenvalue weighted by Gasteiger charge is 2.24. The first-order valence-corrected chi connectivity index (χ1v) is 8.63. The van der Waals surface area contributed by atoms with E-state index in [4.69, 9.17) is 0 Å². The van der Waals surface area contributed by atoms with Crippen LogP contribution in [0.4, 0.5) is 0 Å². The van der Waals surface area contributed by atoms with Crippen molar-refractivity contribution in [2.24, 2.45) is 4.36 Å². The Morgan fingerprint density at radius 2 is 1.71 bits per heavy atom. The molecule has 1 unspecified atom stereocenters. The van der Waals surface area contributed by atoms with Crippen LogP contribution >= 0.6 is 0 Å². The van der Waals surface area contributed by atoms with Gasteiger partial charge in [-0.2, -0.15) is 4.36 Å². The van der Waals surface area contributed by atoms with Crippen molar-refractivity contribution in [3.63, 3.8) is 0 Å². The minimum Gasteiger partial charge on any atom is -0.350 e. The zero-order valence-corrected chi connectivity index (χ0v) is 13.5. The van der Waals surface area contributed by atoms with Crippen molar-refractivity contribution in [3.8, 4) is 11.3 Å². The number of amides is 1. The second-order valence-corrected chi connectivity index (χ2v) is 8.98. The first-order chi connectivity index (χ1) is 9.71. The molecule has 0 radical (unpaired) electrons. The average molecular weight is 304 g/mol. The van der Waals surface area contributed by atoms with Crippen molar-refractivity contribution in [2.75, 3.05) is 6.26 Å². The topological polar surface area (TPSA) is 62.3 Å². The van der Waals surface area contributed by atoms with E-state index in [1.54, 1.807) is 6.07 Å². The van der Waals surface area contributed by atoms with Crippen molar-refractivity contribution < 1.29 is 9.00 Å². The molecule has 0 saturated carbocycles. The van der Waals surface area contributed by atoms with E-state index in [0.29, 0.717) is 5.69 Å². The molecule has 1 heterocycles. The lowest BCUT2D eigenvalue weighted by Crippen LogP contribution is -2.27. The molecule has 2 rings (SSSR count). The van der Waals surface area contributed by atoms with Crippen molar-refractivity contribution in [3.05, 3.63) is 48.2 Å². The number of aromatic nitrogens is 1. The standard InChI is InChI=1S/C16H20N2O2S/c1-16(2,3)21(4,20)18-15(19)14-11-10-13(17-14)12-8-6-5-7-9-12/h5-11,17H,1-4H3. The maximum absolute atomic E-state index is 12.5. The molecule has 0 spiro atoms. The van der Waals surface area contributed by atoms with E-state index in [2.05, 4.69) is 9.35 Å². The zero-order valence-electron chi connectivity index (χ0n) is 12.7. The van der Waals surface area contributed by atoms with Crippen LogP contribution in [0.5, 0.6) is 0 Å². The average Bonchev–Trinajstić information content (AvgIpc) is 2.87. The molecule has 0 aliphatic heterocycles. The number of hydrogen-bond acceptors (Lipinski definition) is 2. The van der Waals surface area contributed by atoms with Crippen molar-refractivity contribution >= 4 is 15.6 Å². The largest absolute Gasteiger partial charge is 0.350 e. The van der Waals surface area contributed by atoms with Gasteiger partial charge in [-0.05, 0) is 38.5 Å². The lowest BCUT2D eigenvalue weighted by atomic mass is 10.2. The summed E-state index contributed by atoms with van der Waals surface area (Å²) in [4.78, 5) is 15.2. The third-order valence-electron chi connectivity index (χ3n) is 3.39. The predicted molar refractivity (Wildman–Crippen MR) is 86.8 cm³/mol. The summed E-state index contributed by atoms with van der Waals surface area (Å²) in [7, 11) is -2.60. The van der Waals surface area contributed by atoms with Crippen LogP contribution in [0.2, 0.25) is 0 Å². The predicted octanol–water partition coefficient (Wildman–Crippen LogP) is 3.72. The molecule has 4 nitrogen and oxygen atoms in total. The molecular weight excluding hydrogens is 284 g/mol. The number of aromatic amines is 1. The Kier molecular flexibility index (Phi) is 4.05. The Labute approximate surface area is 125 Å². The minimum absolute atomic E-state index is 0.354. The molecule has 0 saturated heterocycles. The fraction of sp³-hybridized carbons (Fsp3) is 0.312. The zero-order chi connectivity index (χ0) is 15.7. The van der Waals surface area contributed by atoms with Crippen molar-refractivity contribution in [2.45, 2.75) is 25.5 Å². The normalized spacial score (nSPS) is 14.5. The fourth-order valence-corrected chi connectivity index (χ4v) is 2.34. The molecule has 0 fully saturated rings. The maximum atomic E-state index is 12.5. The molecule has 5 heteroatoms. The molecular formula is C16H20N2O2S. The van der Waals surface area contributed by atoms with E-state index < -0.39 is 20.4 Å². The molecule has 1 aromatic heterocycles. The molecule has 1 aromatic carbocycles. The Morgan fingerprint density at radius 1 is 1.10 bits per heavy atom. The van der Waals surface area contributed by atoms with Gasteiger partial charge in [0.15, 0.2) is 0 Å². The SMILES string of the molecule is CC(C)(C)S(C)(=O)=NC(=O)c1ccc(-c2ccccc2)[nH]1. The summed E-state index contributed by atoms with van der Waals surface area (Å²) in [6.07, 6.45) is 1.52. The highest BCUT2D eigenvalue weighted by Crippen LogP contribution is 2.20. The summed E-state index contributed by atoms with van der Waals surface area (Å²) >= 11 is 0. The van der Waals surface area contributed by atoms with Gasteiger partial charge in [0, 0.05) is 16.7 Å². The number of nitrogens with one attached hydrogen (secondary N) is 1. The highest BCUT2D eigenvalue weighted by atomic mass is 32.2. The van der Waals surface area contributed by atoms with Crippen LogP contribution in [0.25, 0.3) is 11.3 Å². The van der Waals surface area contributed by atoms with Gasteiger partial charge in [0.2, 0.25) is 0 Å². The maximum Gasteiger partial charge on any atom is 0.301 e. The van der Waals surface area contributed by atoms with Gasteiger partial charge in [-0.1, -0.05) is 30.3 Å². The second kappa shape index (κ2) is 5.48. The number of carbonyl (C=O) groups is 1. The lowest BCUT2D eigenvalue weighted by Gasteiger charge is -2.19. The van der Waals surface area contributed by atoms with E-state index >= 15 is 0 Å². The van der Waals surface area contributed by atoms with Crippen LogP contribution in [0, 0.1) is 0 Å². The molecule has 1 amide bonds. The van der Waals surface area contributed by atoms with Gasteiger partial charge >= 0.3 is 5.91 Å². The Bertz CT molecular complexity index is 761. The van der Waals surface area contributed by atoms with Gasteiger partial charge < -0.3 is 4.98 Å². The number of hydrogen-bond donors (Lipinski definition) is 1. The summed E-state index contributed by atoms with van der Waals surface area (Å²) in [6.45, 7) is 5.45. The third-order valence-corrected chi connectivity index (χ3v) is 6.18. The molecule has 0 aliphatic carbocycles. The number of H-pyrrole nitrogens is 1. The van der Waals surface area contributed by atoms with Gasteiger partial charge in [-0.3, -0.25) is 4.79 Å². The molecule has 21 heavy (non-hydrogen) atoms. The van der Waals surface area contributed by atoms with Gasteiger partial charge in [0.25, 0.3) is 0 Å². The third kappa shape index (κ3) is 3.42. The van der Waals surface area contributed by atoms with Crippen LogP contribution in [0.15, 0.2) is 46.8 Å². The molecule has 1 N–H and O–H groups in total. The monoisotopic (exact) mass is 304 g/mol. The quantitative estimate of drug-likeness (QED) is 0.919. The van der Waals surface area contributed by atoms with Crippen LogP contribution in [-0.4, -0.2) is 26.1 Å². The van der Waals surface area contributed by atoms with Gasteiger partial charge in [-0.25, -0.2) is 4.21 Å². The number of carbonyl (C=O) groups excluding carboxylic acids is 1. The van der Waals surface area contributed by atoms with Crippen LogP contribution in [-0.2, 0) is 9.73 Å². The summed E-state index contributed by atoms with van der Waals surface area (Å²) < 4.78 is 15.8. The Hall–Kier alpha value is -1.88. The van der Waals surface area contributed by atoms with Crippen molar-refractivity contribution in [1.82, 2.24) is 4.98 Å². The lowest BCUT2D eigenvalue weighted by molar-refractivity contribution is 0.100. The number of nitrogens with zero attached hydrogens (tertiary/aromatic N) is 1. The molecule has 112 valence electrons. The Morgan fingerprint density at radius 3 is 2.29 bits per heavy atom. The number of rotatable bonds is 2. The molecule has 2 aromatic rings. The molecule has 0 bridgehead atoms. The highest BCUT2D eigenvalue weighted by molar-refractivity contribution is 7.94. The first-order valence-electron chi connectivity index (χ1n) is 6.71. The Balaban J connectivity index is 2.33. The van der Waals surface area contributed by atoms with E-state index in [9.17, 15) is 9.00 Å². The molecule has 1 atom stereocenters. The second-order valence-electron chi connectivity index (χ2n) is 5.96. The number of benzene rings is 1. The van der Waals surface area contributed by atoms with E-state index in [1.165, 1.54) is 6.26 Å². The summed E-state index contributed by atoms with van der Waals surface area (Å²) in [5.41, 5.74) is 2.18. The van der Waals surface area contributed by atoms with Gasteiger partial charge in [0.1, 0.15) is 5.69 Å². The summed E-state index contributed by atoms with van der Waals surface area (Å²) in [5, 5.41) is 0. The van der Waals surface area contributed by atoms with Crippen LogP contribution in [0.3, 0.4) is 0 Å². The summed E-state index contributed by atoms with van der Waals surface area (Å²) in [5.74, 6) is -0.473. The van der Waals surface area contributed by atoms with E-state index in [0.717, 1.165) is 11.3 Å². The molecule has 0 aliphatic rings. The van der Waals surface area contributed by atoms with Crippen molar-refractivity contribution in [1.29, 1.82) is 0 Å². The first kappa shape index (κ1) is 15.5. The van der Waals surface area contributed by atoms with Crippen LogP contribution in [0.1, 0.15) is 31.3 Å². The van der Waals surface area contributed by atoms with Gasteiger partial charge in [-0.15, -0.1) is 0 Å². The van der Waals surface area contributed by atoms with E-state index in [1.807, 2.05) is 57.2 Å². The smallest absolute Gasteiger partial charge is 0.301 e.